The lowest BCUT2D eigenvalue weighted by atomic mass is 9.92. The van der Waals surface area contributed by atoms with E-state index in [2.05, 4.69) is 19.2 Å². The van der Waals surface area contributed by atoms with Crippen molar-refractivity contribution in [2.45, 2.75) is 27.2 Å². The van der Waals surface area contributed by atoms with Crippen LogP contribution in [-0.4, -0.2) is 42.4 Å². The molecule has 0 radical (unpaired) electrons. The van der Waals surface area contributed by atoms with Gasteiger partial charge in [-0.05, 0) is 49.4 Å². The van der Waals surface area contributed by atoms with E-state index >= 15 is 0 Å². The zero-order chi connectivity index (χ0) is 21.7. The van der Waals surface area contributed by atoms with Crippen LogP contribution in [0.5, 0.6) is 0 Å². The second kappa shape index (κ2) is 9.57. The quantitative estimate of drug-likeness (QED) is 0.761. The molecule has 6 nitrogen and oxygen atoms in total. The highest BCUT2D eigenvalue weighted by atomic mass is 16.5. The van der Waals surface area contributed by atoms with Crippen LogP contribution >= 0.6 is 0 Å². The monoisotopic (exact) mass is 408 g/mol. The molecule has 1 N–H and O–H groups in total. The van der Waals surface area contributed by atoms with Crippen molar-refractivity contribution in [2.75, 3.05) is 25.0 Å². The number of anilines is 1. The standard InChI is InChI=1S/C24H28N2O4/c1-16-7-6-8-19(12-16)23(28)25-21-10-5-4-9-20(21)24(29)30-15-22(27)26-13-17(2)11-18(3)14-26/h4-10,12,17-18H,11,13-15H2,1-3H3,(H,25,28)/t17-,18-/m0/s1. The number of benzene rings is 2. The van der Waals surface area contributed by atoms with Crippen molar-refractivity contribution >= 4 is 23.5 Å². The summed E-state index contributed by atoms with van der Waals surface area (Å²) in [5.41, 5.74) is 2.03. The Morgan fingerprint density at radius 2 is 1.73 bits per heavy atom. The normalized spacial score (nSPS) is 18.6. The fraction of sp³-hybridized carbons (Fsp3) is 0.375. The summed E-state index contributed by atoms with van der Waals surface area (Å²) in [6.07, 6.45) is 1.09. The number of ether oxygens (including phenoxy) is 1. The topological polar surface area (TPSA) is 75.7 Å². The van der Waals surface area contributed by atoms with Gasteiger partial charge in [0.2, 0.25) is 0 Å². The average Bonchev–Trinajstić information content (AvgIpc) is 2.71. The molecule has 1 aliphatic rings. The third-order valence-electron chi connectivity index (χ3n) is 5.22. The number of rotatable bonds is 5. The van der Waals surface area contributed by atoms with Crippen LogP contribution < -0.4 is 5.32 Å². The smallest absolute Gasteiger partial charge is 0.340 e. The summed E-state index contributed by atoms with van der Waals surface area (Å²) < 4.78 is 5.28. The van der Waals surface area contributed by atoms with Crippen LogP contribution in [0.3, 0.4) is 0 Å². The number of piperidine rings is 1. The number of hydrogen-bond donors (Lipinski definition) is 1. The van der Waals surface area contributed by atoms with E-state index in [0.717, 1.165) is 12.0 Å². The molecule has 1 heterocycles. The predicted molar refractivity (Wildman–Crippen MR) is 115 cm³/mol. The van der Waals surface area contributed by atoms with Crippen LogP contribution in [0.15, 0.2) is 48.5 Å². The van der Waals surface area contributed by atoms with E-state index in [1.807, 2.05) is 13.0 Å². The molecule has 0 aromatic heterocycles. The number of carbonyl (C=O) groups is 3. The van der Waals surface area contributed by atoms with Gasteiger partial charge in [0, 0.05) is 18.7 Å². The second-order valence-electron chi connectivity index (χ2n) is 8.19. The first kappa shape index (κ1) is 21.6. The Balaban J connectivity index is 1.64. The molecule has 2 aromatic rings. The van der Waals surface area contributed by atoms with Crippen molar-refractivity contribution in [2.24, 2.45) is 11.8 Å². The SMILES string of the molecule is Cc1cccc(C(=O)Nc2ccccc2C(=O)OCC(=O)N2C[C@@H](C)C[C@H](C)C2)c1. The summed E-state index contributed by atoms with van der Waals surface area (Å²) in [4.78, 5) is 39.4. The average molecular weight is 408 g/mol. The minimum Gasteiger partial charge on any atom is -0.452 e. The first-order valence-corrected chi connectivity index (χ1v) is 10.3. The maximum Gasteiger partial charge on any atom is 0.340 e. The van der Waals surface area contributed by atoms with Gasteiger partial charge in [-0.1, -0.05) is 43.7 Å². The fourth-order valence-corrected chi connectivity index (χ4v) is 3.91. The first-order chi connectivity index (χ1) is 14.3. The predicted octanol–water partition coefficient (Wildman–Crippen LogP) is 3.91. The molecule has 6 heteroatoms. The molecule has 3 rings (SSSR count). The third kappa shape index (κ3) is 5.47. The number of para-hydroxylation sites is 1. The van der Waals surface area contributed by atoms with Gasteiger partial charge in [-0.25, -0.2) is 4.79 Å². The highest BCUT2D eigenvalue weighted by molar-refractivity contribution is 6.08. The van der Waals surface area contributed by atoms with Crippen molar-refractivity contribution in [3.05, 3.63) is 65.2 Å². The Bertz CT molecular complexity index is 930. The van der Waals surface area contributed by atoms with Crippen molar-refractivity contribution in [3.8, 4) is 0 Å². The number of carbonyl (C=O) groups excluding carboxylic acids is 3. The van der Waals surface area contributed by atoms with Gasteiger partial charge in [0.1, 0.15) is 0 Å². The Hall–Kier alpha value is -3.15. The Kier molecular flexibility index (Phi) is 6.87. The minimum absolute atomic E-state index is 0.192. The van der Waals surface area contributed by atoms with E-state index in [1.165, 1.54) is 0 Å². The van der Waals surface area contributed by atoms with E-state index in [4.69, 9.17) is 4.74 Å². The zero-order valence-corrected chi connectivity index (χ0v) is 17.7. The number of hydrogen-bond acceptors (Lipinski definition) is 4. The molecule has 2 aromatic carbocycles. The van der Waals surface area contributed by atoms with Gasteiger partial charge in [-0.2, -0.15) is 0 Å². The fourth-order valence-electron chi connectivity index (χ4n) is 3.91. The van der Waals surface area contributed by atoms with Crippen LogP contribution in [0, 0.1) is 18.8 Å². The third-order valence-corrected chi connectivity index (χ3v) is 5.22. The molecule has 2 amide bonds. The molecule has 0 spiro atoms. The van der Waals surface area contributed by atoms with Gasteiger partial charge in [0.15, 0.2) is 6.61 Å². The molecule has 0 bridgehead atoms. The molecule has 1 saturated heterocycles. The van der Waals surface area contributed by atoms with Crippen LogP contribution in [-0.2, 0) is 9.53 Å². The van der Waals surface area contributed by atoms with E-state index in [9.17, 15) is 14.4 Å². The van der Waals surface area contributed by atoms with Gasteiger partial charge < -0.3 is 15.0 Å². The molecule has 30 heavy (non-hydrogen) atoms. The Morgan fingerprint density at radius 1 is 1.03 bits per heavy atom. The second-order valence-corrected chi connectivity index (χ2v) is 8.19. The van der Waals surface area contributed by atoms with Gasteiger partial charge in [-0.15, -0.1) is 0 Å². The van der Waals surface area contributed by atoms with Crippen LogP contribution in [0.4, 0.5) is 5.69 Å². The van der Waals surface area contributed by atoms with E-state index in [0.29, 0.717) is 36.2 Å². The summed E-state index contributed by atoms with van der Waals surface area (Å²) >= 11 is 0. The minimum atomic E-state index is -0.637. The lowest BCUT2D eigenvalue weighted by molar-refractivity contribution is -0.137. The molecule has 2 atom stereocenters. The van der Waals surface area contributed by atoms with E-state index < -0.39 is 5.97 Å². The molecule has 1 fully saturated rings. The number of esters is 1. The zero-order valence-electron chi connectivity index (χ0n) is 17.7. The van der Waals surface area contributed by atoms with E-state index in [-0.39, 0.29) is 24.0 Å². The lowest BCUT2D eigenvalue weighted by Crippen LogP contribution is -2.44. The van der Waals surface area contributed by atoms with Crippen molar-refractivity contribution < 1.29 is 19.1 Å². The van der Waals surface area contributed by atoms with Crippen molar-refractivity contribution in [1.29, 1.82) is 0 Å². The summed E-state index contributed by atoms with van der Waals surface area (Å²) in [6, 6.07) is 13.8. The largest absolute Gasteiger partial charge is 0.452 e. The van der Waals surface area contributed by atoms with Crippen LogP contribution in [0.25, 0.3) is 0 Å². The molecule has 0 unspecified atom stereocenters. The van der Waals surface area contributed by atoms with Crippen LogP contribution in [0.1, 0.15) is 46.5 Å². The van der Waals surface area contributed by atoms with Gasteiger partial charge >= 0.3 is 5.97 Å². The Labute approximate surface area is 177 Å². The van der Waals surface area contributed by atoms with Crippen molar-refractivity contribution in [1.82, 2.24) is 4.90 Å². The van der Waals surface area contributed by atoms with Gasteiger partial charge in [0.25, 0.3) is 11.8 Å². The molecule has 1 aliphatic heterocycles. The highest BCUT2D eigenvalue weighted by Crippen LogP contribution is 2.21. The van der Waals surface area contributed by atoms with Crippen LogP contribution in [0.2, 0.25) is 0 Å². The molecule has 0 aliphatic carbocycles. The Morgan fingerprint density at radius 3 is 2.43 bits per heavy atom. The maximum absolute atomic E-state index is 12.6. The van der Waals surface area contributed by atoms with Gasteiger partial charge in [0.05, 0.1) is 11.3 Å². The maximum atomic E-state index is 12.6. The first-order valence-electron chi connectivity index (χ1n) is 10.3. The highest BCUT2D eigenvalue weighted by Gasteiger charge is 2.26. The number of aryl methyl sites for hydroxylation is 1. The van der Waals surface area contributed by atoms with Crippen molar-refractivity contribution in [3.63, 3.8) is 0 Å². The lowest BCUT2D eigenvalue weighted by Gasteiger charge is -2.34. The number of likely N-dealkylation sites (tertiary alicyclic amines) is 1. The molecular weight excluding hydrogens is 380 g/mol. The summed E-state index contributed by atoms with van der Waals surface area (Å²) in [6.45, 7) is 7.21. The molecule has 0 saturated carbocycles. The van der Waals surface area contributed by atoms with E-state index in [1.54, 1.807) is 47.4 Å². The molecule has 158 valence electrons. The van der Waals surface area contributed by atoms with Gasteiger partial charge in [-0.3, -0.25) is 9.59 Å². The molecular formula is C24H28N2O4. The number of nitrogens with one attached hydrogen (secondary N) is 1. The number of amides is 2. The summed E-state index contributed by atoms with van der Waals surface area (Å²) in [5, 5.41) is 2.76. The number of nitrogens with zero attached hydrogens (tertiary/aromatic N) is 1. The summed E-state index contributed by atoms with van der Waals surface area (Å²) in [7, 11) is 0. The summed E-state index contributed by atoms with van der Waals surface area (Å²) in [5.74, 6) is -0.270.